The number of aliphatic hydroxyl groups is 2. The summed E-state index contributed by atoms with van der Waals surface area (Å²) in [4.78, 5) is 23.6. The number of carbonyl (C=O) groups is 1. The quantitative estimate of drug-likeness (QED) is 0.0526. The van der Waals surface area contributed by atoms with Gasteiger partial charge in [-0.3, -0.25) is 4.79 Å². The number of aliphatic hydroxyl groups excluding tert-OH is 2. The SMILES string of the molecule is C=CCO[C@@]12Oc3ccc(OCCSc4ccccc4)cc3[C@H]3[C@H](CCCCO)[C@@H](CCCCO)C=C(C(=NOC(C)(C)C)C[C@@H]1N(C)C(=O)c1ccc(C#N)cc1)[C@H]32. The average Bonchev–Trinajstić information content (AvgIpc) is 3.24. The predicted molar refractivity (Wildman–Crippen MR) is 232 cm³/mol. The smallest absolute Gasteiger partial charge is 0.254 e. The van der Waals surface area contributed by atoms with Crippen molar-refractivity contribution in [2.24, 2.45) is 22.9 Å². The standard InChI is InChI=1S/C48H59N3O7S/c1-6-26-56-48-43(51(5)46(54)34-20-18-33(32-49)19-21-34)31-41(50-58-47(2,3)4)39-29-35(14-10-12-24-52)38(17-11-13-25-53)44(45(39)48)40-30-36(22-23-42(40)57-48)55-27-28-59-37-15-8-7-9-16-37/h6-9,15-16,18-23,29-30,35,38,43-45,52-53H,1,10-14,17,24-28,31H2,2-5H3/t35-,38+,43-,44+,45+,48+/m0/s1. The number of nitrogens with zero attached hydrogens (tertiary/aromatic N) is 3. The van der Waals surface area contributed by atoms with Crippen molar-refractivity contribution < 1.29 is 34.1 Å². The van der Waals surface area contributed by atoms with Crippen LogP contribution in [0.25, 0.3) is 0 Å². The Bertz CT molecular complexity index is 1990. The van der Waals surface area contributed by atoms with E-state index in [1.807, 2.05) is 51.1 Å². The molecule has 6 rings (SSSR count). The Morgan fingerprint density at radius 2 is 1.78 bits per heavy atom. The van der Waals surface area contributed by atoms with Gasteiger partial charge in [0.1, 0.15) is 23.1 Å². The highest BCUT2D eigenvalue weighted by molar-refractivity contribution is 7.99. The zero-order valence-electron chi connectivity index (χ0n) is 34.8. The van der Waals surface area contributed by atoms with E-state index in [9.17, 15) is 20.3 Å². The molecular weight excluding hydrogens is 763 g/mol. The number of benzene rings is 3. The van der Waals surface area contributed by atoms with E-state index in [1.165, 1.54) is 4.90 Å². The minimum Gasteiger partial charge on any atom is -0.493 e. The van der Waals surface area contributed by atoms with Crippen molar-refractivity contribution in [3.05, 3.63) is 114 Å². The molecule has 0 radical (unpaired) electrons. The van der Waals surface area contributed by atoms with E-state index in [-0.39, 0.29) is 49.9 Å². The number of carbonyl (C=O) groups excluding carboxylic acids is 1. The zero-order valence-corrected chi connectivity index (χ0v) is 35.7. The van der Waals surface area contributed by atoms with E-state index in [0.29, 0.717) is 36.3 Å². The number of likely N-dealkylation sites (N-methyl/N-ethyl adjacent to an activating group) is 1. The lowest BCUT2D eigenvalue weighted by molar-refractivity contribution is -0.252. The second-order valence-electron chi connectivity index (χ2n) is 16.6. The van der Waals surface area contributed by atoms with Gasteiger partial charge in [0.15, 0.2) is 0 Å². The van der Waals surface area contributed by atoms with Gasteiger partial charge in [-0.2, -0.15) is 5.26 Å². The Kier molecular flexibility index (Phi) is 15.0. The molecule has 59 heavy (non-hydrogen) atoms. The molecule has 10 nitrogen and oxygen atoms in total. The molecule has 314 valence electrons. The van der Waals surface area contributed by atoms with Crippen LogP contribution in [0.15, 0.2) is 107 Å². The molecule has 6 atom stereocenters. The lowest BCUT2D eigenvalue weighted by Gasteiger charge is -2.59. The molecule has 11 heteroatoms. The van der Waals surface area contributed by atoms with Gasteiger partial charge >= 0.3 is 0 Å². The van der Waals surface area contributed by atoms with Crippen LogP contribution in [-0.2, 0) is 9.57 Å². The summed E-state index contributed by atoms with van der Waals surface area (Å²) in [7, 11) is 1.78. The first kappa shape index (κ1) is 44.0. The monoisotopic (exact) mass is 821 g/mol. The summed E-state index contributed by atoms with van der Waals surface area (Å²) in [6.07, 6.45) is 9.06. The maximum absolute atomic E-state index is 14.5. The fraction of sp³-hybridized carbons (Fsp3) is 0.479. The number of unbranched alkanes of at least 4 members (excludes halogenated alkanes) is 2. The number of hydrogen-bond acceptors (Lipinski definition) is 10. The number of nitriles is 1. The molecule has 1 amide bonds. The first-order chi connectivity index (χ1) is 28.5. The molecule has 0 aromatic heterocycles. The van der Waals surface area contributed by atoms with E-state index in [4.69, 9.17) is 24.2 Å². The van der Waals surface area contributed by atoms with Gasteiger partial charge in [0.2, 0.25) is 5.79 Å². The van der Waals surface area contributed by atoms with Gasteiger partial charge in [-0.05, 0) is 118 Å². The number of oxime groups is 1. The van der Waals surface area contributed by atoms with Crippen LogP contribution in [0.3, 0.4) is 0 Å². The van der Waals surface area contributed by atoms with Gasteiger partial charge < -0.3 is 34.2 Å². The van der Waals surface area contributed by atoms with Crippen molar-refractivity contribution in [1.29, 1.82) is 5.26 Å². The van der Waals surface area contributed by atoms with Crippen molar-refractivity contribution in [3.8, 4) is 17.6 Å². The fourth-order valence-electron chi connectivity index (χ4n) is 8.88. The zero-order chi connectivity index (χ0) is 42.0. The number of hydrogen-bond donors (Lipinski definition) is 2. The second-order valence-corrected chi connectivity index (χ2v) is 17.8. The second kappa shape index (κ2) is 20.1. The summed E-state index contributed by atoms with van der Waals surface area (Å²) in [6.45, 7) is 10.8. The highest BCUT2D eigenvalue weighted by Gasteiger charge is 2.65. The fourth-order valence-corrected chi connectivity index (χ4v) is 9.63. The number of amides is 1. The maximum Gasteiger partial charge on any atom is 0.254 e. The first-order valence-corrected chi connectivity index (χ1v) is 21.9. The highest BCUT2D eigenvalue weighted by Crippen LogP contribution is 2.62. The van der Waals surface area contributed by atoms with E-state index < -0.39 is 23.3 Å². The Morgan fingerprint density at radius 1 is 1.05 bits per heavy atom. The molecule has 2 aliphatic carbocycles. The van der Waals surface area contributed by atoms with Crippen molar-refractivity contribution in [2.75, 3.05) is 39.2 Å². The van der Waals surface area contributed by atoms with Crippen LogP contribution >= 0.6 is 11.8 Å². The molecule has 0 saturated heterocycles. The van der Waals surface area contributed by atoms with Crippen LogP contribution in [0.5, 0.6) is 11.5 Å². The lowest BCUT2D eigenvalue weighted by Crippen LogP contribution is -2.69. The van der Waals surface area contributed by atoms with Gasteiger partial charge in [0.05, 0.1) is 36.5 Å². The van der Waals surface area contributed by atoms with Gasteiger partial charge in [-0.15, -0.1) is 18.3 Å². The molecule has 1 fully saturated rings. The molecule has 3 aliphatic rings. The third-order valence-electron chi connectivity index (χ3n) is 11.5. The van der Waals surface area contributed by atoms with Crippen molar-refractivity contribution in [3.63, 3.8) is 0 Å². The summed E-state index contributed by atoms with van der Waals surface area (Å²) >= 11 is 1.75. The third kappa shape index (κ3) is 10.2. The van der Waals surface area contributed by atoms with Crippen LogP contribution in [0, 0.1) is 29.1 Å². The van der Waals surface area contributed by atoms with E-state index in [0.717, 1.165) is 54.0 Å². The highest BCUT2D eigenvalue weighted by atomic mass is 32.2. The average molecular weight is 822 g/mol. The Hall–Kier alpha value is -4.60. The van der Waals surface area contributed by atoms with Gasteiger partial charge in [0, 0.05) is 54.4 Å². The summed E-state index contributed by atoms with van der Waals surface area (Å²) < 4.78 is 20.7. The normalized spacial score (nSPS) is 23.8. The van der Waals surface area contributed by atoms with Crippen molar-refractivity contribution in [2.45, 2.75) is 94.0 Å². The molecule has 3 aromatic rings. The number of thioether (sulfide) groups is 1. The van der Waals surface area contributed by atoms with Crippen LogP contribution in [0.4, 0.5) is 0 Å². The summed E-state index contributed by atoms with van der Waals surface area (Å²) in [6, 6.07) is 24.4. The third-order valence-corrected chi connectivity index (χ3v) is 12.5. The van der Waals surface area contributed by atoms with Crippen LogP contribution < -0.4 is 9.47 Å². The molecule has 0 bridgehead atoms. The number of allylic oxidation sites excluding steroid dienone is 1. The van der Waals surface area contributed by atoms with E-state index in [2.05, 4.69) is 36.9 Å². The van der Waals surface area contributed by atoms with Gasteiger partial charge in [-0.1, -0.05) is 48.3 Å². The minimum absolute atomic E-state index is 0.0929. The van der Waals surface area contributed by atoms with E-state index in [1.54, 1.807) is 54.1 Å². The molecule has 0 spiro atoms. The van der Waals surface area contributed by atoms with Crippen molar-refractivity contribution in [1.82, 2.24) is 4.90 Å². The van der Waals surface area contributed by atoms with Crippen LogP contribution in [-0.4, -0.2) is 83.4 Å². The molecule has 2 N–H and O–H groups in total. The lowest BCUT2D eigenvalue weighted by atomic mass is 9.55. The van der Waals surface area contributed by atoms with Gasteiger partial charge in [0.25, 0.3) is 5.91 Å². The molecule has 1 aliphatic heterocycles. The Balaban J connectivity index is 1.51. The Labute approximate surface area is 353 Å². The van der Waals surface area contributed by atoms with Crippen molar-refractivity contribution >= 4 is 23.4 Å². The van der Waals surface area contributed by atoms with Crippen LogP contribution in [0.2, 0.25) is 0 Å². The number of fused-ring (bicyclic) bond motifs is 2. The molecular formula is C48H59N3O7S. The first-order valence-electron chi connectivity index (χ1n) is 20.9. The topological polar surface area (TPSA) is 134 Å². The molecule has 1 saturated carbocycles. The molecule has 3 aromatic carbocycles. The summed E-state index contributed by atoms with van der Waals surface area (Å²) in [5.41, 5.74) is 3.03. The number of ether oxygens (including phenoxy) is 3. The van der Waals surface area contributed by atoms with Gasteiger partial charge in [-0.25, -0.2) is 0 Å². The molecule has 0 unspecified atom stereocenters. The summed E-state index contributed by atoms with van der Waals surface area (Å²) in [5.74, 6) is 0.193. The molecule has 1 heterocycles. The minimum atomic E-state index is -1.37. The largest absolute Gasteiger partial charge is 0.493 e. The Morgan fingerprint density at radius 3 is 2.46 bits per heavy atom. The predicted octanol–water partition coefficient (Wildman–Crippen LogP) is 8.93. The maximum atomic E-state index is 14.5. The summed E-state index contributed by atoms with van der Waals surface area (Å²) in [5, 5.41) is 34.1. The number of rotatable bonds is 19. The van der Waals surface area contributed by atoms with Crippen LogP contribution in [0.1, 0.15) is 93.1 Å². The van der Waals surface area contributed by atoms with E-state index >= 15 is 0 Å².